The molecule has 1 aromatic heterocycles. The summed E-state index contributed by atoms with van der Waals surface area (Å²) in [4.78, 5) is 13.5. The number of carbonyl (C=O) groups excluding carboxylic acids is 1. The fourth-order valence-electron chi connectivity index (χ4n) is 4.19. The number of carbonyl (C=O) groups is 1. The second-order valence-corrected chi connectivity index (χ2v) is 7.22. The summed E-state index contributed by atoms with van der Waals surface area (Å²) >= 11 is 0. The molecule has 5 heterocycles. The highest BCUT2D eigenvalue weighted by Crippen LogP contribution is 2.34. The molecule has 3 saturated heterocycles. The molecule has 0 saturated carbocycles. The second kappa shape index (κ2) is 6.03. The standard InChI is InChI=1S/C19H20N4O3/c24-16-10-13-9-12(1-2-14(13)20-16)15-3-4-17(22-21-15)26-18-11-5-7-23(8-6-11)19(18)25/h1-4,9,11,18-19,25H,5-8,10H2,(H,20,24)/t18-,19-/m1/s1. The lowest BCUT2D eigenvalue weighted by Gasteiger charge is -2.47. The lowest BCUT2D eigenvalue weighted by molar-refractivity contribution is -0.154. The number of aliphatic hydroxyl groups is 1. The number of piperidine rings is 3. The molecule has 1 aromatic carbocycles. The van der Waals surface area contributed by atoms with Crippen molar-refractivity contribution in [3.8, 4) is 17.1 Å². The maximum absolute atomic E-state index is 11.5. The van der Waals surface area contributed by atoms with Gasteiger partial charge >= 0.3 is 0 Å². The predicted molar refractivity (Wildman–Crippen MR) is 94.5 cm³/mol. The van der Waals surface area contributed by atoms with E-state index in [1.165, 1.54) is 0 Å². The predicted octanol–water partition coefficient (Wildman–Crippen LogP) is 1.43. The zero-order valence-corrected chi connectivity index (χ0v) is 14.3. The van der Waals surface area contributed by atoms with Crippen LogP contribution in [0.15, 0.2) is 30.3 Å². The van der Waals surface area contributed by atoms with Crippen molar-refractivity contribution < 1.29 is 14.6 Å². The molecule has 1 amide bonds. The second-order valence-electron chi connectivity index (χ2n) is 7.22. The molecule has 6 rings (SSSR count). The van der Waals surface area contributed by atoms with E-state index in [2.05, 4.69) is 20.4 Å². The first-order valence-corrected chi connectivity index (χ1v) is 9.03. The van der Waals surface area contributed by atoms with E-state index in [0.29, 0.717) is 18.2 Å². The average Bonchev–Trinajstić information content (AvgIpc) is 3.05. The van der Waals surface area contributed by atoms with Gasteiger partial charge in [-0.25, -0.2) is 0 Å². The number of aromatic nitrogens is 2. The number of aliphatic hydroxyl groups excluding tert-OH is 1. The van der Waals surface area contributed by atoms with Crippen molar-refractivity contribution in [3.63, 3.8) is 0 Å². The van der Waals surface area contributed by atoms with Crippen LogP contribution in [-0.2, 0) is 11.2 Å². The fraction of sp³-hybridized carbons (Fsp3) is 0.421. The van der Waals surface area contributed by atoms with Crippen LogP contribution in [0, 0.1) is 5.92 Å². The van der Waals surface area contributed by atoms with Gasteiger partial charge in [-0.15, -0.1) is 10.2 Å². The summed E-state index contributed by atoms with van der Waals surface area (Å²) in [7, 11) is 0. The Bertz CT molecular complexity index is 844. The number of hydrogen-bond donors (Lipinski definition) is 2. The van der Waals surface area contributed by atoms with Gasteiger partial charge in [0, 0.05) is 36.3 Å². The summed E-state index contributed by atoms with van der Waals surface area (Å²) in [5, 5.41) is 21.7. The van der Waals surface area contributed by atoms with Gasteiger partial charge in [-0.1, -0.05) is 6.07 Å². The normalized spacial score (nSPS) is 29.3. The number of anilines is 1. The molecule has 2 bridgehead atoms. The summed E-state index contributed by atoms with van der Waals surface area (Å²) in [5.74, 6) is 0.825. The van der Waals surface area contributed by atoms with Crippen LogP contribution in [0.3, 0.4) is 0 Å². The van der Waals surface area contributed by atoms with E-state index >= 15 is 0 Å². The Labute approximate surface area is 151 Å². The van der Waals surface area contributed by atoms with Crippen LogP contribution in [0.2, 0.25) is 0 Å². The van der Waals surface area contributed by atoms with Gasteiger partial charge in [-0.05, 0) is 36.6 Å². The quantitative estimate of drug-likeness (QED) is 0.869. The van der Waals surface area contributed by atoms with Gasteiger partial charge in [-0.3, -0.25) is 9.69 Å². The van der Waals surface area contributed by atoms with Crippen molar-refractivity contribution in [1.29, 1.82) is 0 Å². The van der Waals surface area contributed by atoms with Crippen molar-refractivity contribution >= 4 is 11.6 Å². The van der Waals surface area contributed by atoms with Crippen LogP contribution in [0.5, 0.6) is 5.88 Å². The van der Waals surface area contributed by atoms with E-state index in [4.69, 9.17) is 4.74 Å². The van der Waals surface area contributed by atoms with Crippen molar-refractivity contribution in [1.82, 2.24) is 15.1 Å². The molecule has 26 heavy (non-hydrogen) atoms. The maximum Gasteiger partial charge on any atom is 0.233 e. The van der Waals surface area contributed by atoms with Gasteiger partial charge in [0.15, 0.2) is 0 Å². The number of benzene rings is 1. The lowest BCUT2D eigenvalue weighted by atomic mass is 9.84. The first kappa shape index (κ1) is 15.7. The first-order valence-electron chi connectivity index (χ1n) is 9.03. The highest BCUT2D eigenvalue weighted by Gasteiger charge is 2.43. The van der Waals surface area contributed by atoms with E-state index in [1.807, 2.05) is 24.3 Å². The van der Waals surface area contributed by atoms with Crippen LogP contribution in [0.4, 0.5) is 5.69 Å². The summed E-state index contributed by atoms with van der Waals surface area (Å²) < 4.78 is 5.96. The largest absolute Gasteiger partial charge is 0.469 e. The van der Waals surface area contributed by atoms with Crippen molar-refractivity contribution in [2.24, 2.45) is 5.92 Å². The Morgan fingerprint density at radius 3 is 2.73 bits per heavy atom. The van der Waals surface area contributed by atoms with Crippen molar-refractivity contribution in [2.75, 3.05) is 18.4 Å². The van der Waals surface area contributed by atoms with Crippen LogP contribution in [-0.4, -0.2) is 51.5 Å². The van der Waals surface area contributed by atoms with Crippen LogP contribution < -0.4 is 10.1 Å². The average molecular weight is 352 g/mol. The third-order valence-electron chi connectivity index (χ3n) is 5.63. The summed E-state index contributed by atoms with van der Waals surface area (Å²) in [6, 6.07) is 9.44. The molecule has 0 aliphatic carbocycles. The van der Waals surface area contributed by atoms with E-state index in [1.54, 1.807) is 6.07 Å². The highest BCUT2D eigenvalue weighted by atomic mass is 16.5. The maximum atomic E-state index is 11.5. The van der Waals surface area contributed by atoms with Gasteiger partial charge in [0.25, 0.3) is 0 Å². The smallest absolute Gasteiger partial charge is 0.233 e. The number of hydrogen-bond acceptors (Lipinski definition) is 6. The SMILES string of the molecule is O=C1Cc2cc(-c3ccc(O[C@@H]4C5CCN(CC5)[C@@H]4O)nn3)ccc2N1. The van der Waals surface area contributed by atoms with Crippen molar-refractivity contribution in [2.45, 2.75) is 31.6 Å². The Morgan fingerprint density at radius 1 is 1.15 bits per heavy atom. The minimum atomic E-state index is -0.564. The lowest BCUT2D eigenvalue weighted by Crippen LogP contribution is -2.59. The van der Waals surface area contributed by atoms with E-state index in [-0.39, 0.29) is 12.0 Å². The molecular formula is C19H20N4O3. The van der Waals surface area contributed by atoms with Crippen LogP contribution >= 0.6 is 0 Å². The summed E-state index contributed by atoms with van der Waals surface area (Å²) in [5.41, 5.74) is 3.49. The molecule has 0 spiro atoms. The summed E-state index contributed by atoms with van der Waals surface area (Å²) in [6.07, 6.45) is 1.69. The number of rotatable bonds is 3. The minimum absolute atomic E-state index is 0.0167. The van der Waals surface area contributed by atoms with Crippen LogP contribution in [0.1, 0.15) is 18.4 Å². The van der Waals surface area contributed by atoms with Crippen LogP contribution in [0.25, 0.3) is 11.3 Å². The molecule has 0 unspecified atom stereocenters. The topological polar surface area (TPSA) is 87.6 Å². The van der Waals surface area contributed by atoms with Gasteiger partial charge in [-0.2, -0.15) is 0 Å². The fourth-order valence-corrected chi connectivity index (χ4v) is 4.19. The third kappa shape index (κ3) is 2.64. The van der Waals surface area contributed by atoms with Gasteiger partial charge < -0.3 is 15.2 Å². The molecule has 2 aromatic rings. The highest BCUT2D eigenvalue weighted by molar-refractivity contribution is 5.99. The number of nitrogens with one attached hydrogen (secondary N) is 1. The molecule has 7 nitrogen and oxygen atoms in total. The van der Waals surface area contributed by atoms with Crippen molar-refractivity contribution in [3.05, 3.63) is 35.9 Å². The Balaban J connectivity index is 1.33. The van der Waals surface area contributed by atoms with Gasteiger partial charge in [0.05, 0.1) is 12.1 Å². The zero-order chi connectivity index (χ0) is 17.7. The molecule has 4 aliphatic heterocycles. The van der Waals surface area contributed by atoms with Gasteiger partial charge in [0.1, 0.15) is 12.3 Å². The molecular weight excluding hydrogens is 332 g/mol. The monoisotopic (exact) mass is 352 g/mol. The van der Waals surface area contributed by atoms with Gasteiger partial charge in [0.2, 0.25) is 11.8 Å². The molecule has 2 N–H and O–H groups in total. The first-order chi connectivity index (χ1) is 12.7. The molecule has 3 fully saturated rings. The Hall–Kier alpha value is -2.51. The summed E-state index contributed by atoms with van der Waals surface area (Å²) in [6.45, 7) is 1.87. The zero-order valence-electron chi connectivity index (χ0n) is 14.3. The third-order valence-corrected chi connectivity index (χ3v) is 5.63. The number of fused-ring (bicyclic) bond motifs is 4. The number of amides is 1. The molecule has 4 aliphatic rings. The molecule has 7 heteroatoms. The van der Waals surface area contributed by atoms with E-state index < -0.39 is 6.23 Å². The number of ether oxygens (including phenoxy) is 1. The molecule has 2 atom stereocenters. The minimum Gasteiger partial charge on any atom is -0.469 e. The molecule has 134 valence electrons. The van der Waals surface area contributed by atoms with E-state index in [9.17, 15) is 9.90 Å². The van der Waals surface area contributed by atoms with E-state index in [0.717, 1.165) is 48.4 Å². The Morgan fingerprint density at radius 2 is 2.00 bits per heavy atom. The Kier molecular flexibility index (Phi) is 3.65. The number of nitrogens with zero attached hydrogens (tertiary/aromatic N) is 3. The molecule has 0 radical (unpaired) electrons.